The zero-order valence-electron chi connectivity index (χ0n) is 12.9. The molecule has 0 saturated carbocycles. The molecule has 2 aliphatic rings. The minimum atomic E-state index is 0.210. The molecule has 0 aromatic carbocycles. The summed E-state index contributed by atoms with van der Waals surface area (Å²) in [6.07, 6.45) is 4.05. The summed E-state index contributed by atoms with van der Waals surface area (Å²) in [5.41, 5.74) is 6.41. The molecule has 2 rings (SSSR count). The van der Waals surface area contributed by atoms with Gasteiger partial charge in [0.25, 0.3) is 0 Å². The molecule has 2 unspecified atom stereocenters. The van der Waals surface area contributed by atoms with Crippen LogP contribution >= 0.6 is 0 Å². The van der Waals surface area contributed by atoms with Gasteiger partial charge in [0, 0.05) is 37.8 Å². The Morgan fingerprint density at radius 1 is 1.26 bits per heavy atom. The van der Waals surface area contributed by atoms with Crippen LogP contribution in [0.15, 0.2) is 0 Å². The highest BCUT2D eigenvalue weighted by molar-refractivity contribution is 4.96. The van der Waals surface area contributed by atoms with E-state index in [1.807, 2.05) is 0 Å². The highest BCUT2D eigenvalue weighted by Gasteiger charge is 2.39. The molecule has 0 aromatic heterocycles. The first kappa shape index (κ1) is 15.2. The molecule has 2 atom stereocenters. The lowest BCUT2D eigenvalue weighted by Crippen LogP contribution is -2.59. The summed E-state index contributed by atoms with van der Waals surface area (Å²) < 4.78 is 5.69. The lowest BCUT2D eigenvalue weighted by atomic mass is 9.87. The average Bonchev–Trinajstić information content (AvgIpc) is 2.62. The zero-order chi connectivity index (χ0) is 13.9. The quantitative estimate of drug-likeness (QED) is 0.838. The van der Waals surface area contributed by atoms with Crippen LogP contribution in [0.1, 0.15) is 40.0 Å². The van der Waals surface area contributed by atoms with Crippen molar-refractivity contribution in [2.45, 2.75) is 57.7 Å². The van der Waals surface area contributed by atoms with Crippen LogP contribution in [-0.2, 0) is 4.74 Å². The van der Waals surface area contributed by atoms with E-state index in [0.29, 0.717) is 12.1 Å². The van der Waals surface area contributed by atoms with Crippen LogP contribution in [0.3, 0.4) is 0 Å². The van der Waals surface area contributed by atoms with E-state index < -0.39 is 0 Å². The molecule has 0 amide bonds. The monoisotopic (exact) mass is 269 g/mol. The van der Waals surface area contributed by atoms with E-state index in [1.165, 1.54) is 32.4 Å². The fraction of sp³-hybridized carbons (Fsp3) is 1.00. The van der Waals surface area contributed by atoms with Crippen LogP contribution < -0.4 is 5.73 Å². The Morgan fingerprint density at radius 3 is 2.68 bits per heavy atom. The topological polar surface area (TPSA) is 41.7 Å². The van der Waals surface area contributed by atoms with E-state index in [0.717, 1.165) is 26.2 Å². The van der Waals surface area contributed by atoms with Crippen LogP contribution in [0, 0.1) is 0 Å². The van der Waals surface area contributed by atoms with Crippen molar-refractivity contribution >= 4 is 0 Å². The fourth-order valence-corrected chi connectivity index (χ4v) is 3.61. The molecule has 112 valence electrons. The second-order valence-electron chi connectivity index (χ2n) is 6.54. The molecule has 4 nitrogen and oxygen atoms in total. The minimum absolute atomic E-state index is 0.210. The van der Waals surface area contributed by atoms with Crippen molar-refractivity contribution < 1.29 is 4.74 Å². The largest absolute Gasteiger partial charge is 0.376 e. The Hall–Kier alpha value is -0.160. The van der Waals surface area contributed by atoms with E-state index in [1.54, 1.807) is 0 Å². The number of likely N-dealkylation sites (tertiary alicyclic amines) is 1. The lowest BCUT2D eigenvalue weighted by Gasteiger charge is -2.46. The molecule has 0 radical (unpaired) electrons. The molecule has 2 aliphatic heterocycles. The van der Waals surface area contributed by atoms with Gasteiger partial charge < -0.3 is 15.4 Å². The number of nitrogens with zero attached hydrogens (tertiary/aromatic N) is 2. The maximum atomic E-state index is 6.20. The van der Waals surface area contributed by atoms with Crippen LogP contribution in [0.2, 0.25) is 0 Å². The first-order valence-electron chi connectivity index (χ1n) is 7.88. The standard InChI is InChI=1S/C15H31N3O/c1-13(2)17-7-4-5-15(12-16,6-8-17)18-9-10-19-14(3)11-18/h13-14H,4-12,16H2,1-3H3. The van der Waals surface area contributed by atoms with Crippen molar-refractivity contribution in [3.05, 3.63) is 0 Å². The van der Waals surface area contributed by atoms with Crippen molar-refractivity contribution in [3.63, 3.8) is 0 Å². The van der Waals surface area contributed by atoms with Crippen LogP contribution in [0.4, 0.5) is 0 Å². The van der Waals surface area contributed by atoms with Gasteiger partial charge in [-0.25, -0.2) is 0 Å². The maximum absolute atomic E-state index is 6.20. The van der Waals surface area contributed by atoms with Gasteiger partial charge in [-0.05, 0) is 46.6 Å². The molecule has 2 heterocycles. The van der Waals surface area contributed by atoms with Crippen molar-refractivity contribution in [1.82, 2.24) is 9.80 Å². The Labute approximate surface area is 118 Å². The molecule has 0 aliphatic carbocycles. The summed E-state index contributed by atoms with van der Waals surface area (Å²) in [6.45, 7) is 12.9. The van der Waals surface area contributed by atoms with Crippen LogP contribution in [0.5, 0.6) is 0 Å². The van der Waals surface area contributed by atoms with E-state index >= 15 is 0 Å². The minimum Gasteiger partial charge on any atom is -0.376 e. The SMILES string of the molecule is CC1CN(C2(CN)CCCN(C(C)C)CC2)CCO1. The highest BCUT2D eigenvalue weighted by atomic mass is 16.5. The van der Waals surface area contributed by atoms with Crippen molar-refractivity contribution in [1.29, 1.82) is 0 Å². The predicted octanol–water partition coefficient (Wildman–Crippen LogP) is 1.30. The maximum Gasteiger partial charge on any atom is 0.0674 e. The molecule has 2 fully saturated rings. The van der Waals surface area contributed by atoms with Crippen molar-refractivity contribution in [2.24, 2.45) is 5.73 Å². The van der Waals surface area contributed by atoms with Gasteiger partial charge in [0.2, 0.25) is 0 Å². The van der Waals surface area contributed by atoms with Crippen molar-refractivity contribution in [2.75, 3.05) is 39.3 Å². The Bertz CT molecular complexity index is 285. The van der Waals surface area contributed by atoms with Gasteiger partial charge >= 0.3 is 0 Å². The van der Waals surface area contributed by atoms with Gasteiger partial charge in [0.05, 0.1) is 12.7 Å². The second-order valence-corrected chi connectivity index (χ2v) is 6.54. The number of rotatable bonds is 3. The number of hydrogen-bond acceptors (Lipinski definition) is 4. The summed E-state index contributed by atoms with van der Waals surface area (Å²) in [5.74, 6) is 0. The second kappa shape index (κ2) is 6.53. The van der Waals surface area contributed by atoms with Gasteiger partial charge in [-0.2, -0.15) is 0 Å². The predicted molar refractivity (Wildman–Crippen MR) is 79.3 cm³/mol. The first-order valence-corrected chi connectivity index (χ1v) is 7.88. The molecule has 19 heavy (non-hydrogen) atoms. The molecule has 0 aromatic rings. The van der Waals surface area contributed by atoms with Crippen LogP contribution in [-0.4, -0.2) is 66.8 Å². The number of hydrogen-bond donors (Lipinski definition) is 1. The lowest BCUT2D eigenvalue weighted by molar-refractivity contribution is -0.0646. The summed E-state index contributed by atoms with van der Waals surface area (Å²) in [6, 6.07) is 0.650. The third-order valence-corrected chi connectivity index (χ3v) is 4.97. The summed E-state index contributed by atoms with van der Waals surface area (Å²) in [5, 5.41) is 0. The van der Waals surface area contributed by atoms with Crippen LogP contribution in [0.25, 0.3) is 0 Å². The van der Waals surface area contributed by atoms with Gasteiger partial charge in [-0.15, -0.1) is 0 Å². The Balaban J connectivity index is 2.05. The van der Waals surface area contributed by atoms with Crippen molar-refractivity contribution in [3.8, 4) is 0 Å². The van der Waals surface area contributed by atoms with Gasteiger partial charge in [-0.3, -0.25) is 4.90 Å². The number of morpholine rings is 1. The Kier molecular flexibility index (Phi) is 5.23. The summed E-state index contributed by atoms with van der Waals surface area (Å²) in [4.78, 5) is 5.21. The molecular weight excluding hydrogens is 238 g/mol. The van der Waals surface area contributed by atoms with Gasteiger partial charge in [0.15, 0.2) is 0 Å². The highest BCUT2D eigenvalue weighted by Crippen LogP contribution is 2.30. The van der Waals surface area contributed by atoms with E-state index in [2.05, 4.69) is 30.6 Å². The van der Waals surface area contributed by atoms with Gasteiger partial charge in [-0.1, -0.05) is 0 Å². The molecular formula is C15H31N3O. The third-order valence-electron chi connectivity index (χ3n) is 4.97. The molecule has 0 spiro atoms. The third kappa shape index (κ3) is 3.48. The van der Waals surface area contributed by atoms with E-state index in [9.17, 15) is 0 Å². The smallest absolute Gasteiger partial charge is 0.0674 e. The number of nitrogens with two attached hydrogens (primary N) is 1. The summed E-state index contributed by atoms with van der Waals surface area (Å²) >= 11 is 0. The van der Waals surface area contributed by atoms with Gasteiger partial charge in [0.1, 0.15) is 0 Å². The molecule has 2 N–H and O–H groups in total. The zero-order valence-corrected chi connectivity index (χ0v) is 12.9. The molecule has 2 saturated heterocycles. The van der Waals surface area contributed by atoms with E-state index in [4.69, 9.17) is 10.5 Å². The molecule has 0 bridgehead atoms. The Morgan fingerprint density at radius 2 is 2.05 bits per heavy atom. The number of ether oxygens (including phenoxy) is 1. The first-order chi connectivity index (χ1) is 9.07. The average molecular weight is 269 g/mol. The molecule has 4 heteroatoms. The van der Waals surface area contributed by atoms with E-state index in [-0.39, 0.29) is 5.54 Å². The normalized spacial score (nSPS) is 35.5. The summed E-state index contributed by atoms with van der Waals surface area (Å²) in [7, 11) is 0. The fourth-order valence-electron chi connectivity index (χ4n) is 3.61.